The van der Waals surface area contributed by atoms with Crippen LogP contribution in [0.1, 0.15) is 37.3 Å². The van der Waals surface area contributed by atoms with Gasteiger partial charge in [0.15, 0.2) is 5.96 Å². The van der Waals surface area contributed by atoms with Crippen LogP contribution >= 0.6 is 24.0 Å². The first kappa shape index (κ1) is 21.2. The zero-order chi connectivity index (χ0) is 16.9. The molecule has 0 aliphatic heterocycles. The van der Waals surface area contributed by atoms with Crippen LogP contribution < -0.4 is 10.6 Å². The summed E-state index contributed by atoms with van der Waals surface area (Å²) in [5.41, 5.74) is 2.82. The summed E-state index contributed by atoms with van der Waals surface area (Å²) in [6.07, 6.45) is 2.94. The number of rotatable bonds is 7. The predicted molar refractivity (Wildman–Crippen MR) is 111 cm³/mol. The van der Waals surface area contributed by atoms with Gasteiger partial charge in [0.05, 0.1) is 5.75 Å². The minimum absolute atomic E-state index is 0. The van der Waals surface area contributed by atoms with Crippen molar-refractivity contribution in [2.45, 2.75) is 38.6 Å². The summed E-state index contributed by atoms with van der Waals surface area (Å²) in [7, 11) is -2.92. The first-order valence-electron chi connectivity index (χ1n) is 8.19. The van der Waals surface area contributed by atoms with E-state index >= 15 is 0 Å². The second kappa shape index (κ2) is 9.60. The third kappa shape index (κ3) is 6.58. The van der Waals surface area contributed by atoms with Crippen LogP contribution in [0.4, 0.5) is 0 Å². The average Bonchev–Trinajstić information content (AvgIpc) is 2.45. The Kier molecular flexibility index (Phi) is 8.49. The Morgan fingerprint density at radius 3 is 2.71 bits per heavy atom. The van der Waals surface area contributed by atoms with Gasteiger partial charge in [-0.15, -0.1) is 24.0 Å². The molecule has 0 aromatic heterocycles. The van der Waals surface area contributed by atoms with E-state index in [1.807, 2.05) is 13.8 Å². The van der Waals surface area contributed by atoms with Gasteiger partial charge in [0.2, 0.25) is 0 Å². The number of nitrogens with zero attached hydrogens (tertiary/aromatic N) is 1. The molecule has 1 aromatic rings. The SMILES string of the molecule is CCNC(=NCC1Cc2ccccc21)NC(C)CCS(C)(=O)=O.I. The molecule has 0 heterocycles. The molecule has 1 aromatic carbocycles. The molecule has 7 heteroatoms. The highest BCUT2D eigenvalue weighted by molar-refractivity contribution is 14.0. The molecule has 2 rings (SSSR count). The standard InChI is InChI=1S/C17H27N3O2S.HI/c1-4-18-17(20-13(2)9-10-23(3,21)22)19-12-15-11-14-7-5-6-8-16(14)15;/h5-8,13,15H,4,9-12H2,1-3H3,(H2,18,19,20);1H. The summed E-state index contributed by atoms with van der Waals surface area (Å²) in [5, 5.41) is 6.52. The third-order valence-corrected chi connectivity index (χ3v) is 5.06. The molecule has 0 amide bonds. The van der Waals surface area contributed by atoms with Crippen molar-refractivity contribution in [2.24, 2.45) is 4.99 Å². The molecule has 0 spiro atoms. The van der Waals surface area contributed by atoms with Crippen molar-refractivity contribution in [1.29, 1.82) is 0 Å². The predicted octanol–water partition coefficient (Wildman–Crippen LogP) is 2.32. The fraction of sp³-hybridized carbons (Fsp3) is 0.588. The highest BCUT2D eigenvalue weighted by Gasteiger charge is 2.25. The van der Waals surface area contributed by atoms with Gasteiger partial charge in [0.25, 0.3) is 0 Å². The largest absolute Gasteiger partial charge is 0.357 e. The van der Waals surface area contributed by atoms with Crippen LogP contribution in [0.15, 0.2) is 29.3 Å². The Morgan fingerprint density at radius 2 is 2.08 bits per heavy atom. The zero-order valence-electron chi connectivity index (χ0n) is 14.6. The van der Waals surface area contributed by atoms with Crippen LogP contribution in [0.3, 0.4) is 0 Å². The van der Waals surface area contributed by atoms with Crippen molar-refractivity contribution in [1.82, 2.24) is 10.6 Å². The summed E-state index contributed by atoms with van der Waals surface area (Å²) in [4.78, 5) is 4.66. The quantitative estimate of drug-likeness (QED) is 0.369. The van der Waals surface area contributed by atoms with E-state index in [0.29, 0.717) is 12.3 Å². The van der Waals surface area contributed by atoms with Gasteiger partial charge < -0.3 is 10.6 Å². The van der Waals surface area contributed by atoms with Crippen LogP contribution in [0, 0.1) is 0 Å². The van der Waals surface area contributed by atoms with Gasteiger partial charge in [-0.2, -0.15) is 0 Å². The number of hydrogen-bond acceptors (Lipinski definition) is 3. The normalized spacial score (nSPS) is 18.0. The average molecular weight is 465 g/mol. The molecule has 136 valence electrons. The van der Waals surface area contributed by atoms with Crippen molar-refractivity contribution >= 4 is 39.8 Å². The van der Waals surface area contributed by atoms with Gasteiger partial charge in [-0.1, -0.05) is 24.3 Å². The maximum absolute atomic E-state index is 11.3. The first-order chi connectivity index (χ1) is 10.9. The fourth-order valence-corrected chi connectivity index (χ4v) is 3.53. The van der Waals surface area contributed by atoms with E-state index in [1.54, 1.807) is 0 Å². The van der Waals surface area contributed by atoms with E-state index in [0.717, 1.165) is 25.5 Å². The van der Waals surface area contributed by atoms with Crippen molar-refractivity contribution in [3.63, 3.8) is 0 Å². The molecule has 0 fully saturated rings. The fourth-order valence-electron chi connectivity index (χ4n) is 2.74. The summed E-state index contributed by atoms with van der Waals surface area (Å²) in [5.74, 6) is 1.45. The van der Waals surface area contributed by atoms with Gasteiger partial charge in [-0.3, -0.25) is 4.99 Å². The lowest BCUT2D eigenvalue weighted by molar-refractivity contribution is 0.578. The number of sulfone groups is 1. The molecule has 1 aliphatic rings. The van der Waals surface area contributed by atoms with Gasteiger partial charge >= 0.3 is 0 Å². The molecular weight excluding hydrogens is 437 g/mol. The van der Waals surface area contributed by atoms with E-state index in [4.69, 9.17) is 0 Å². The molecule has 2 atom stereocenters. The van der Waals surface area contributed by atoms with Crippen molar-refractivity contribution in [2.75, 3.05) is 25.1 Å². The van der Waals surface area contributed by atoms with E-state index in [-0.39, 0.29) is 35.8 Å². The van der Waals surface area contributed by atoms with Crippen LogP contribution in [0.2, 0.25) is 0 Å². The highest BCUT2D eigenvalue weighted by atomic mass is 127. The molecular formula is C17H28IN3O2S. The van der Waals surface area contributed by atoms with E-state index in [9.17, 15) is 8.42 Å². The Hall–Kier alpha value is -0.830. The minimum Gasteiger partial charge on any atom is -0.357 e. The molecule has 1 aliphatic carbocycles. The van der Waals surface area contributed by atoms with E-state index in [2.05, 4.69) is 39.9 Å². The number of benzene rings is 1. The monoisotopic (exact) mass is 465 g/mol. The van der Waals surface area contributed by atoms with Gasteiger partial charge in [-0.05, 0) is 37.8 Å². The van der Waals surface area contributed by atoms with Gasteiger partial charge in [0.1, 0.15) is 9.84 Å². The molecule has 0 radical (unpaired) electrons. The molecule has 5 nitrogen and oxygen atoms in total. The molecule has 0 saturated heterocycles. The molecule has 24 heavy (non-hydrogen) atoms. The highest BCUT2D eigenvalue weighted by Crippen LogP contribution is 2.34. The van der Waals surface area contributed by atoms with Gasteiger partial charge in [-0.25, -0.2) is 8.42 Å². The smallest absolute Gasteiger partial charge is 0.191 e. The number of halogens is 1. The lowest BCUT2D eigenvalue weighted by Crippen LogP contribution is -2.43. The summed E-state index contributed by atoms with van der Waals surface area (Å²) in [6.45, 7) is 5.55. The third-order valence-electron chi connectivity index (χ3n) is 4.08. The summed E-state index contributed by atoms with van der Waals surface area (Å²) in [6, 6.07) is 8.57. The Bertz CT molecular complexity index is 662. The topological polar surface area (TPSA) is 70.6 Å². The number of hydrogen-bond donors (Lipinski definition) is 2. The van der Waals surface area contributed by atoms with Crippen LogP contribution in [0.25, 0.3) is 0 Å². The lowest BCUT2D eigenvalue weighted by atomic mass is 9.78. The number of fused-ring (bicyclic) bond motifs is 1. The second-order valence-corrected chi connectivity index (χ2v) is 8.54. The summed E-state index contributed by atoms with van der Waals surface area (Å²) >= 11 is 0. The van der Waals surface area contributed by atoms with Crippen molar-refractivity contribution in [3.05, 3.63) is 35.4 Å². The molecule has 2 N–H and O–H groups in total. The zero-order valence-corrected chi connectivity index (χ0v) is 17.7. The maximum Gasteiger partial charge on any atom is 0.191 e. The lowest BCUT2D eigenvalue weighted by Gasteiger charge is -2.29. The molecule has 0 bridgehead atoms. The van der Waals surface area contributed by atoms with Gasteiger partial charge in [0, 0.05) is 31.3 Å². The van der Waals surface area contributed by atoms with Crippen LogP contribution in [-0.4, -0.2) is 45.5 Å². The minimum atomic E-state index is -2.92. The Balaban J connectivity index is 0.00000288. The Morgan fingerprint density at radius 1 is 1.38 bits per heavy atom. The molecule has 0 saturated carbocycles. The van der Waals surface area contributed by atoms with Crippen molar-refractivity contribution < 1.29 is 8.42 Å². The number of guanidine groups is 1. The first-order valence-corrected chi connectivity index (χ1v) is 10.3. The second-order valence-electron chi connectivity index (χ2n) is 6.28. The van der Waals surface area contributed by atoms with E-state index < -0.39 is 9.84 Å². The number of nitrogens with one attached hydrogen (secondary N) is 2. The van der Waals surface area contributed by atoms with E-state index in [1.165, 1.54) is 17.4 Å². The number of aliphatic imine (C=N–C) groups is 1. The maximum atomic E-state index is 11.3. The van der Waals surface area contributed by atoms with Crippen molar-refractivity contribution in [3.8, 4) is 0 Å². The summed E-state index contributed by atoms with van der Waals surface area (Å²) < 4.78 is 22.5. The molecule has 2 unspecified atom stereocenters. The van der Waals surface area contributed by atoms with Crippen LogP contribution in [-0.2, 0) is 16.3 Å². The Labute approximate surface area is 162 Å². The van der Waals surface area contributed by atoms with Crippen LogP contribution in [0.5, 0.6) is 0 Å².